The summed E-state index contributed by atoms with van der Waals surface area (Å²) in [5.41, 5.74) is 3.12. The standard InChI is InChI=1S/C20H19ClN4O2/c1-13-18(19(21)25(24-13)16-6-4-3-5-7-16)20(27)23-15-10-8-14(9-11-15)12-17(26)22-2/h3-11H,12H2,1-2H3,(H,22,26)(H,23,27). The van der Waals surface area contributed by atoms with Crippen molar-refractivity contribution in [3.8, 4) is 5.69 Å². The molecule has 2 amide bonds. The van der Waals surface area contributed by atoms with Crippen molar-refractivity contribution >= 4 is 29.1 Å². The lowest BCUT2D eigenvalue weighted by Gasteiger charge is -2.07. The molecule has 0 saturated heterocycles. The van der Waals surface area contributed by atoms with E-state index in [1.165, 1.54) is 4.68 Å². The molecule has 0 bridgehead atoms. The first kappa shape index (κ1) is 18.7. The third-order valence-corrected chi connectivity index (χ3v) is 4.44. The van der Waals surface area contributed by atoms with E-state index in [1.807, 2.05) is 30.3 Å². The molecule has 1 aromatic heterocycles. The van der Waals surface area contributed by atoms with Crippen molar-refractivity contribution in [1.82, 2.24) is 15.1 Å². The minimum absolute atomic E-state index is 0.0671. The first-order valence-corrected chi connectivity index (χ1v) is 8.79. The van der Waals surface area contributed by atoms with Gasteiger partial charge < -0.3 is 10.6 Å². The van der Waals surface area contributed by atoms with Crippen molar-refractivity contribution in [1.29, 1.82) is 0 Å². The molecule has 0 atom stereocenters. The number of aryl methyl sites for hydroxylation is 1. The van der Waals surface area contributed by atoms with E-state index in [4.69, 9.17) is 11.6 Å². The van der Waals surface area contributed by atoms with Gasteiger partial charge in [-0.05, 0) is 36.8 Å². The number of halogens is 1. The zero-order valence-corrected chi connectivity index (χ0v) is 15.7. The van der Waals surface area contributed by atoms with Crippen LogP contribution in [-0.4, -0.2) is 28.6 Å². The summed E-state index contributed by atoms with van der Waals surface area (Å²) in [7, 11) is 1.60. The lowest BCUT2D eigenvalue weighted by atomic mass is 10.1. The number of hydrogen-bond donors (Lipinski definition) is 2. The van der Waals surface area contributed by atoms with Gasteiger partial charge in [0.15, 0.2) is 0 Å². The molecule has 138 valence electrons. The quantitative estimate of drug-likeness (QED) is 0.710. The molecule has 0 saturated carbocycles. The lowest BCUT2D eigenvalue weighted by Crippen LogP contribution is -2.19. The largest absolute Gasteiger partial charge is 0.359 e. The van der Waals surface area contributed by atoms with E-state index >= 15 is 0 Å². The van der Waals surface area contributed by atoms with E-state index in [2.05, 4.69) is 15.7 Å². The molecular formula is C20H19ClN4O2. The van der Waals surface area contributed by atoms with Crippen LogP contribution in [0.5, 0.6) is 0 Å². The van der Waals surface area contributed by atoms with Crippen molar-refractivity contribution < 1.29 is 9.59 Å². The van der Waals surface area contributed by atoms with E-state index in [-0.39, 0.29) is 17.0 Å². The van der Waals surface area contributed by atoms with E-state index in [1.54, 1.807) is 38.2 Å². The van der Waals surface area contributed by atoms with Gasteiger partial charge in [0.05, 0.1) is 17.8 Å². The topological polar surface area (TPSA) is 76.0 Å². The zero-order chi connectivity index (χ0) is 19.4. The van der Waals surface area contributed by atoms with E-state index in [0.29, 0.717) is 23.4 Å². The molecule has 0 unspecified atom stereocenters. The van der Waals surface area contributed by atoms with Crippen molar-refractivity contribution in [2.75, 3.05) is 12.4 Å². The normalized spacial score (nSPS) is 10.5. The van der Waals surface area contributed by atoms with Crippen LogP contribution in [0.4, 0.5) is 5.69 Å². The molecule has 0 fully saturated rings. The fourth-order valence-corrected chi connectivity index (χ4v) is 3.03. The van der Waals surface area contributed by atoms with Gasteiger partial charge in [-0.1, -0.05) is 41.9 Å². The smallest absolute Gasteiger partial charge is 0.260 e. The average molecular weight is 383 g/mol. The molecule has 0 radical (unpaired) electrons. The van der Waals surface area contributed by atoms with Crippen LogP contribution in [0.2, 0.25) is 5.15 Å². The number of carbonyl (C=O) groups excluding carboxylic acids is 2. The molecular weight excluding hydrogens is 364 g/mol. The summed E-state index contributed by atoms with van der Waals surface area (Å²) >= 11 is 6.42. The van der Waals surface area contributed by atoms with E-state index in [9.17, 15) is 9.59 Å². The van der Waals surface area contributed by atoms with Crippen LogP contribution in [0.15, 0.2) is 54.6 Å². The van der Waals surface area contributed by atoms with Crippen LogP contribution < -0.4 is 10.6 Å². The van der Waals surface area contributed by atoms with Gasteiger partial charge in [0.1, 0.15) is 10.7 Å². The van der Waals surface area contributed by atoms with Crippen LogP contribution in [-0.2, 0) is 11.2 Å². The number of para-hydroxylation sites is 1. The van der Waals surface area contributed by atoms with Crippen molar-refractivity contribution in [2.45, 2.75) is 13.3 Å². The molecule has 3 aromatic rings. The van der Waals surface area contributed by atoms with Crippen molar-refractivity contribution in [2.24, 2.45) is 0 Å². The minimum Gasteiger partial charge on any atom is -0.359 e. The molecule has 3 rings (SSSR count). The average Bonchev–Trinajstić information content (AvgIpc) is 2.98. The molecule has 7 heteroatoms. The Bertz CT molecular complexity index is 966. The molecule has 0 aliphatic rings. The predicted molar refractivity (Wildman–Crippen MR) is 105 cm³/mol. The maximum atomic E-state index is 12.7. The Morgan fingerprint density at radius 3 is 2.37 bits per heavy atom. The Balaban J connectivity index is 1.79. The lowest BCUT2D eigenvalue weighted by molar-refractivity contribution is -0.119. The molecule has 2 aromatic carbocycles. The molecule has 0 spiro atoms. The van der Waals surface area contributed by atoms with Gasteiger partial charge in [0.25, 0.3) is 5.91 Å². The van der Waals surface area contributed by atoms with Crippen LogP contribution in [0.25, 0.3) is 5.69 Å². The Kier molecular flexibility index (Phi) is 5.57. The Morgan fingerprint density at radius 1 is 1.07 bits per heavy atom. The Morgan fingerprint density at radius 2 is 1.74 bits per heavy atom. The van der Waals surface area contributed by atoms with Gasteiger partial charge in [-0.2, -0.15) is 5.10 Å². The molecule has 1 heterocycles. The second kappa shape index (κ2) is 8.05. The number of nitrogens with zero attached hydrogens (tertiary/aromatic N) is 2. The Hall–Kier alpha value is -3.12. The van der Waals surface area contributed by atoms with Gasteiger partial charge in [-0.3, -0.25) is 9.59 Å². The van der Waals surface area contributed by atoms with Crippen LogP contribution in [0, 0.1) is 6.92 Å². The second-order valence-corrected chi connectivity index (χ2v) is 6.36. The van der Waals surface area contributed by atoms with Gasteiger partial charge >= 0.3 is 0 Å². The summed E-state index contributed by atoms with van der Waals surface area (Å²) < 4.78 is 1.54. The second-order valence-electron chi connectivity index (χ2n) is 6.00. The molecule has 6 nitrogen and oxygen atoms in total. The molecule has 27 heavy (non-hydrogen) atoms. The highest BCUT2D eigenvalue weighted by molar-refractivity contribution is 6.34. The third-order valence-electron chi connectivity index (χ3n) is 4.09. The maximum absolute atomic E-state index is 12.7. The van der Waals surface area contributed by atoms with E-state index in [0.717, 1.165) is 11.3 Å². The van der Waals surface area contributed by atoms with Gasteiger partial charge in [0.2, 0.25) is 5.91 Å². The van der Waals surface area contributed by atoms with Crippen molar-refractivity contribution in [3.63, 3.8) is 0 Å². The molecule has 0 aliphatic carbocycles. The highest BCUT2D eigenvalue weighted by atomic mass is 35.5. The number of amides is 2. The van der Waals surface area contributed by atoms with Crippen LogP contribution >= 0.6 is 11.6 Å². The summed E-state index contributed by atoms with van der Waals surface area (Å²) in [5.74, 6) is -0.402. The van der Waals surface area contributed by atoms with Gasteiger partial charge in [0, 0.05) is 12.7 Å². The van der Waals surface area contributed by atoms with Gasteiger partial charge in [-0.15, -0.1) is 0 Å². The highest BCUT2D eigenvalue weighted by Crippen LogP contribution is 2.24. The van der Waals surface area contributed by atoms with Crippen molar-refractivity contribution in [3.05, 3.63) is 76.6 Å². The number of hydrogen-bond acceptors (Lipinski definition) is 3. The first-order chi connectivity index (χ1) is 13.0. The van der Waals surface area contributed by atoms with E-state index < -0.39 is 0 Å². The summed E-state index contributed by atoms with van der Waals surface area (Å²) in [6.07, 6.45) is 0.291. The molecule has 0 aliphatic heterocycles. The van der Waals surface area contributed by atoms with Gasteiger partial charge in [-0.25, -0.2) is 4.68 Å². The number of anilines is 1. The third kappa shape index (κ3) is 4.17. The predicted octanol–water partition coefficient (Wildman–Crippen LogP) is 3.37. The summed E-state index contributed by atoms with van der Waals surface area (Å²) in [6.45, 7) is 1.74. The number of benzene rings is 2. The SMILES string of the molecule is CNC(=O)Cc1ccc(NC(=O)c2c(C)nn(-c3ccccc3)c2Cl)cc1. The number of likely N-dealkylation sites (N-methyl/N-ethyl adjacent to an activating group) is 1. The fraction of sp³-hybridized carbons (Fsp3) is 0.150. The van der Waals surface area contributed by atoms with Crippen LogP contribution in [0.3, 0.4) is 0 Å². The minimum atomic E-state index is -0.335. The zero-order valence-electron chi connectivity index (χ0n) is 15.0. The summed E-state index contributed by atoms with van der Waals surface area (Å²) in [6, 6.07) is 16.5. The molecule has 2 N–H and O–H groups in total. The number of rotatable bonds is 5. The Labute approximate surface area is 162 Å². The highest BCUT2D eigenvalue weighted by Gasteiger charge is 2.21. The van der Waals surface area contributed by atoms with Crippen LogP contribution in [0.1, 0.15) is 21.6 Å². The fourth-order valence-electron chi connectivity index (χ4n) is 2.67. The summed E-state index contributed by atoms with van der Waals surface area (Å²) in [5, 5.41) is 10.0. The number of carbonyl (C=O) groups is 2. The number of nitrogens with one attached hydrogen (secondary N) is 2. The monoisotopic (exact) mass is 382 g/mol. The number of aromatic nitrogens is 2. The summed E-state index contributed by atoms with van der Waals surface area (Å²) in [4.78, 5) is 24.1. The first-order valence-electron chi connectivity index (χ1n) is 8.41. The maximum Gasteiger partial charge on any atom is 0.260 e.